The van der Waals surface area contributed by atoms with Crippen LogP contribution in [0.1, 0.15) is 10.4 Å². The van der Waals surface area contributed by atoms with Gasteiger partial charge in [-0.3, -0.25) is 9.48 Å². The molecule has 1 saturated heterocycles. The summed E-state index contributed by atoms with van der Waals surface area (Å²) in [6.45, 7) is 2.51. The Balaban J connectivity index is 1.69. The van der Waals surface area contributed by atoms with Crippen LogP contribution >= 0.6 is 0 Å². The lowest BCUT2D eigenvalue weighted by Gasteiger charge is -2.30. The summed E-state index contributed by atoms with van der Waals surface area (Å²) in [6.07, 6.45) is 2.90. The Hall–Kier alpha value is -3.00. The molecule has 0 bridgehead atoms. The van der Waals surface area contributed by atoms with Gasteiger partial charge in [-0.2, -0.15) is 5.10 Å². The van der Waals surface area contributed by atoms with Gasteiger partial charge in [-0.15, -0.1) is 0 Å². The van der Waals surface area contributed by atoms with E-state index >= 15 is 0 Å². The van der Waals surface area contributed by atoms with Crippen LogP contribution in [0.3, 0.4) is 0 Å². The van der Waals surface area contributed by atoms with Crippen molar-refractivity contribution in [3.05, 3.63) is 48.2 Å². The number of aromatic nitrogens is 2. The number of nitrogens with zero attached hydrogens (tertiary/aromatic N) is 3. The molecule has 1 amide bonds. The Morgan fingerprint density at radius 2 is 1.88 bits per heavy atom. The van der Waals surface area contributed by atoms with E-state index in [1.54, 1.807) is 16.9 Å². The van der Waals surface area contributed by atoms with Gasteiger partial charge >= 0.3 is 0 Å². The first-order valence-corrected chi connectivity index (χ1v) is 14.1. The number of hydrogen-bond acceptors (Lipinski definition) is 8. The van der Waals surface area contributed by atoms with Crippen LogP contribution in [-0.2, 0) is 31.1 Å². The van der Waals surface area contributed by atoms with Crippen LogP contribution in [-0.4, -0.2) is 70.8 Å². The first-order chi connectivity index (χ1) is 16.0. The third-order valence-electron chi connectivity index (χ3n) is 5.39. The molecule has 4 rings (SSSR count). The molecule has 0 unspecified atom stereocenters. The number of ether oxygens (including phenoxy) is 1. The summed E-state index contributed by atoms with van der Waals surface area (Å²) in [5.74, 6) is -0.537. The Labute approximate surface area is 197 Å². The highest BCUT2D eigenvalue weighted by Crippen LogP contribution is 2.32. The van der Waals surface area contributed by atoms with Crippen molar-refractivity contribution in [2.75, 3.05) is 48.5 Å². The summed E-state index contributed by atoms with van der Waals surface area (Å²) in [6, 6.07) is 9.11. The van der Waals surface area contributed by atoms with Crippen molar-refractivity contribution in [1.82, 2.24) is 9.78 Å². The number of hydrogen-bond donors (Lipinski definition) is 2. The molecular formula is C21H25N5O6S2. The topological polar surface area (TPSA) is 154 Å². The molecule has 182 valence electrons. The van der Waals surface area contributed by atoms with Gasteiger partial charge in [0.1, 0.15) is 9.84 Å². The first kappa shape index (κ1) is 24.1. The molecule has 34 heavy (non-hydrogen) atoms. The number of benzene rings is 2. The molecule has 2 heterocycles. The zero-order valence-corrected chi connectivity index (χ0v) is 20.1. The largest absolute Gasteiger partial charge is 0.378 e. The predicted octanol–water partition coefficient (Wildman–Crippen LogP) is 0.817. The number of sulfonamides is 1. The number of aryl methyl sites for hydroxylation is 1. The lowest BCUT2D eigenvalue weighted by atomic mass is 10.1. The summed E-state index contributed by atoms with van der Waals surface area (Å²) in [5.41, 5.74) is 2.05. The number of nitrogens with two attached hydrogens (primary N) is 1. The van der Waals surface area contributed by atoms with E-state index in [-0.39, 0.29) is 22.8 Å². The van der Waals surface area contributed by atoms with Crippen LogP contribution in [0.25, 0.3) is 10.9 Å². The van der Waals surface area contributed by atoms with Gasteiger partial charge in [-0.25, -0.2) is 22.0 Å². The number of sulfone groups is 1. The Kier molecular flexibility index (Phi) is 6.62. The molecule has 1 fully saturated rings. The molecule has 0 aliphatic carbocycles. The van der Waals surface area contributed by atoms with E-state index in [2.05, 4.69) is 15.3 Å². The highest BCUT2D eigenvalue weighted by Gasteiger charge is 2.20. The summed E-state index contributed by atoms with van der Waals surface area (Å²) in [4.78, 5) is 14.9. The lowest BCUT2D eigenvalue weighted by Crippen LogP contribution is -2.36. The maximum atomic E-state index is 13.0. The molecule has 1 aliphatic rings. The molecule has 1 aliphatic heterocycles. The van der Waals surface area contributed by atoms with Crippen molar-refractivity contribution in [1.29, 1.82) is 0 Å². The third-order valence-corrected chi connectivity index (χ3v) is 7.22. The van der Waals surface area contributed by atoms with E-state index in [1.165, 1.54) is 30.5 Å². The lowest BCUT2D eigenvalue weighted by molar-refractivity contribution is 0.102. The normalized spacial score (nSPS) is 14.9. The second kappa shape index (κ2) is 9.33. The molecule has 0 saturated carbocycles. The van der Waals surface area contributed by atoms with Crippen LogP contribution in [0.2, 0.25) is 0 Å². The molecule has 0 spiro atoms. The summed E-state index contributed by atoms with van der Waals surface area (Å²) in [5, 5.41) is 13.3. The monoisotopic (exact) mass is 507 g/mol. The number of morpholine rings is 1. The first-order valence-electron chi connectivity index (χ1n) is 10.5. The average molecular weight is 508 g/mol. The minimum absolute atomic E-state index is 0.0404. The molecule has 13 heteroatoms. The molecule has 3 aromatic rings. The Bertz CT molecular complexity index is 1440. The van der Waals surface area contributed by atoms with Crippen LogP contribution in [0.5, 0.6) is 0 Å². The average Bonchev–Trinajstić information content (AvgIpc) is 3.19. The van der Waals surface area contributed by atoms with E-state index in [0.717, 1.165) is 11.1 Å². The molecule has 1 aromatic heterocycles. The van der Waals surface area contributed by atoms with E-state index in [1.807, 2.05) is 6.07 Å². The van der Waals surface area contributed by atoms with Gasteiger partial charge in [-0.1, -0.05) is 6.07 Å². The highest BCUT2D eigenvalue weighted by molar-refractivity contribution is 7.90. The predicted molar refractivity (Wildman–Crippen MR) is 128 cm³/mol. The van der Waals surface area contributed by atoms with Gasteiger partial charge in [0.2, 0.25) is 10.0 Å². The maximum absolute atomic E-state index is 13.0. The van der Waals surface area contributed by atoms with Crippen LogP contribution in [0.4, 0.5) is 11.4 Å². The van der Waals surface area contributed by atoms with Crippen LogP contribution < -0.4 is 15.4 Å². The minimum Gasteiger partial charge on any atom is -0.378 e. The fraction of sp³-hybridized carbons (Fsp3) is 0.333. The molecular weight excluding hydrogens is 482 g/mol. The fourth-order valence-electron chi connectivity index (χ4n) is 3.66. The second-order valence-corrected chi connectivity index (χ2v) is 11.9. The number of anilines is 2. The van der Waals surface area contributed by atoms with Gasteiger partial charge in [0, 0.05) is 36.5 Å². The van der Waals surface area contributed by atoms with Crippen molar-refractivity contribution < 1.29 is 26.4 Å². The van der Waals surface area contributed by atoms with Crippen molar-refractivity contribution >= 4 is 48.0 Å². The smallest absolute Gasteiger partial charge is 0.255 e. The highest BCUT2D eigenvalue weighted by atomic mass is 32.2. The van der Waals surface area contributed by atoms with Crippen LogP contribution in [0.15, 0.2) is 47.5 Å². The number of rotatable bonds is 7. The van der Waals surface area contributed by atoms with Crippen molar-refractivity contribution in [2.24, 2.45) is 5.14 Å². The summed E-state index contributed by atoms with van der Waals surface area (Å²) < 4.78 is 53.4. The Morgan fingerprint density at radius 3 is 2.56 bits per heavy atom. The van der Waals surface area contributed by atoms with E-state index < -0.39 is 25.8 Å². The maximum Gasteiger partial charge on any atom is 0.255 e. The van der Waals surface area contributed by atoms with Gasteiger partial charge in [-0.05, 0) is 30.3 Å². The van der Waals surface area contributed by atoms with Crippen molar-refractivity contribution in [3.8, 4) is 0 Å². The number of amides is 1. The number of nitrogens with one attached hydrogen (secondary N) is 1. The number of carbonyl (C=O) groups is 1. The zero-order valence-electron chi connectivity index (χ0n) is 18.5. The van der Waals surface area contributed by atoms with Crippen LogP contribution in [0, 0.1) is 0 Å². The van der Waals surface area contributed by atoms with Gasteiger partial charge in [0.05, 0.1) is 47.3 Å². The zero-order chi connectivity index (χ0) is 24.5. The third kappa shape index (κ3) is 5.73. The van der Waals surface area contributed by atoms with E-state index in [4.69, 9.17) is 9.88 Å². The molecule has 11 nitrogen and oxygen atoms in total. The standard InChI is InChI=1S/C21H25N5O6S2/c1-33(28,29)10-7-26-14-16-12-19(20(13-18(16)24-26)25-5-8-32-9-6-25)23-21(27)15-3-2-4-17(11-15)34(22,30)31/h2-4,11-14H,5-10H2,1H3,(H,23,27)(H2,22,30,31). The second-order valence-electron chi connectivity index (χ2n) is 8.08. The molecule has 0 radical (unpaired) electrons. The summed E-state index contributed by atoms with van der Waals surface area (Å²) >= 11 is 0. The van der Waals surface area contributed by atoms with E-state index in [0.29, 0.717) is 37.5 Å². The SMILES string of the molecule is CS(=O)(=O)CCn1cc2cc(NC(=O)c3cccc(S(N)(=O)=O)c3)c(N3CCOCC3)cc2n1. The van der Waals surface area contributed by atoms with Gasteiger partial charge in [0.25, 0.3) is 5.91 Å². The van der Waals surface area contributed by atoms with Crippen molar-refractivity contribution in [2.45, 2.75) is 11.4 Å². The van der Waals surface area contributed by atoms with Gasteiger partial charge in [0.15, 0.2) is 0 Å². The quantitative estimate of drug-likeness (QED) is 0.476. The molecule has 2 aromatic carbocycles. The molecule has 3 N–H and O–H groups in total. The fourth-order valence-corrected chi connectivity index (χ4v) is 4.74. The van der Waals surface area contributed by atoms with E-state index in [9.17, 15) is 21.6 Å². The molecule has 0 atom stereocenters. The Morgan fingerprint density at radius 1 is 1.15 bits per heavy atom. The van der Waals surface area contributed by atoms with Crippen molar-refractivity contribution in [3.63, 3.8) is 0 Å². The number of carbonyl (C=O) groups excluding carboxylic acids is 1. The van der Waals surface area contributed by atoms with Gasteiger partial charge < -0.3 is 15.0 Å². The summed E-state index contributed by atoms with van der Waals surface area (Å²) in [7, 11) is -7.10. The number of primary sulfonamides is 1. The minimum atomic E-state index is -3.96. The number of fused-ring (bicyclic) bond motifs is 1.